The first-order valence-corrected chi connectivity index (χ1v) is 11.1. The number of ether oxygens (including phenoxy) is 1. The van der Waals surface area contributed by atoms with Crippen LogP contribution in [0.5, 0.6) is 5.75 Å². The van der Waals surface area contributed by atoms with Gasteiger partial charge in [0.25, 0.3) is 10.0 Å². The van der Waals surface area contributed by atoms with Crippen molar-refractivity contribution in [2.45, 2.75) is 35.3 Å². The molecule has 0 saturated heterocycles. The van der Waals surface area contributed by atoms with Crippen LogP contribution in [-0.2, 0) is 21.2 Å². The van der Waals surface area contributed by atoms with Crippen LogP contribution >= 0.6 is 11.8 Å². The monoisotopic (exact) mass is 404 g/mol. The van der Waals surface area contributed by atoms with Gasteiger partial charge in [0, 0.05) is 27.9 Å². The van der Waals surface area contributed by atoms with Crippen LogP contribution in [0.1, 0.15) is 19.4 Å². The van der Waals surface area contributed by atoms with E-state index >= 15 is 0 Å². The van der Waals surface area contributed by atoms with Gasteiger partial charge in [-0.2, -0.15) is 0 Å². The lowest BCUT2D eigenvalue weighted by atomic mass is 10.1. The van der Waals surface area contributed by atoms with E-state index in [1.165, 1.54) is 0 Å². The Bertz CT molecular complexity index is 1000. The number of benzene rings is 2. The van der Waals surface area contributed by atoms with Gasteiger partial charge in [-0.05, 0) is 43.3 Å². The van der Waals surface area contributed by atoms with Crippen molar-refractivity contribution in [3.05, 3.63) is 42.0 Å². The predicted octanol–water partition coefficient (Wildman–Crippen LogP) is 3.27. The van der Waals surface area contributed by atoms with Gasteiger partial charge in [0.15, 0.2) is 0 Å². The van der Waals surface area contributed by atoms with Crippen LogP contribution in [0.4, 0.5) is 11.4 Å². The summed E-state index contributed by atoms with van der Waals surface area (Å²) >= 11 is 1.68. The molecular weight excluding hydrogens is 384 g/mol. The van der Waals surface area contributed by atoms with Gasteiger partial charge in [-0.1, -0.05) is 6.92 Å². The minimum absolute atomic E-state index is 0.0397. The molecule has 6 nitrogen and oxygen atoms in total. The van der Waals surface area contributed by atoms with Crippen molar-refractivity contribution < 1.29 is 17.9 Å². The van der Waals surface area contributed by atoms with Crippen LogP contribution in [0.25, 0.3) is 0 Å². The summed E-state index contributed by atoms with van der Waals surface area (Å²) in [7, 11) is -3.80. The zero-order valence-electron chi connectivity index (χ0n) is 15.1. The van der Waals surface area contributed by atoms with Crippen molar-refractivity contribution in [2.24, 2.45) is 0 Å². The minimum atomic E-state index is -3.80. The fourth-order valence-electron chi connectivity index (χ4n) is 3.48. The average molecular weight is 405 g/mol. The number of carbonyl (C=O) groups is 1. The van der Waals surface area contributed by atoms with Crippen LogP contribution < -0.4 is 14.4 Å². The standard InChI is InChI=1S/C19H20N2O4S2/c1-3-25-14-6-4-13(5-7-14)20-27(23,24)17-9-8-16-19-15(17)10-18(22)21(19)11-12(2)26-16/h4-9,12,20H,3,10-11H2,1-2H3/t12-/m1/s1. The fourth-order valence-corrected chi connectivity index (χ4v) is 5.93. The average Bonchev–Trinajstić information content (AvgIpc) is 2.94. The third-order valence-corrected chi connectivity index (χ3v) is 7.18. The number of amides is 1. The highest BCUT2D eigenvalue weighted by Crippen LogP contribution is 2.46. The number of thioether (sulfide) groups is 1. The maximum Gasteiger partial charge on any atom is 0.262 e. The van der Waals surface area contributed by atoms with E-state index in [1.807, 2.05) is 6.92 Å². The Labute approximate surface area is 163 Å². The molecule has 0 saturated carbocycles. The third kappa shape index (κ3) is 3.27. The van der Waals surface area contributed by atoms with Crippen LogP contribution in [-0.4, -0.2) is 32.7 Å². The zero-order chi connectivity index (χ0) is 19.2. The first-order valence-electron chi connectivity index (χ1n) is 8.77. The van der Waals surface area contributed by atoms with E-state index in [1.54, 1.807) is 53.1 Å². The van der Waals surface area contributed by atoms with E-state index in [9.17, 15) is 13.2 Å². The highest BCUT2D eigenvalue weighted by molar-refractivity contribution is 8.00. The van der Waals surface area contributed by atoms with Crippen LogP contribution in [0.15, 0.2) is 46.2 Å². The molecule has 2 aliphatic heterocycles. The highest BCUT2D eigenvalue weighted by atomic mass is 32.2. The number of anilines is 2. The van der Waals surface area contributed by atoms with Gasteiger partial charge >= 0.3 is 0 Å². The Hall–Kier alpha value is -2.19. The lowest BCUT2D eigenvalue weighted by Crippen LogP contribution is -2.35. The topological polar surface area (TPSA) is 75.7 Å². The van der Waals surface area contributed by atoms with E-state index in [-0.39, 0.29) is 22.5 Å². The van der Waals surface area contributed by atoms with Crippen molar-refractivity contribution in [1.82, 2.24) is 0 Å². The molecule has 0 aliphatic carbocycles. The largest absolute Gasteiger partial charge is 0.494 e. The van der Waals surface area contributed by atoms with E-state index < -0.39 is 10.0 Å². The molecule has 1 atom stereocenters. The van der Waals surface area contributed by atoms with Gasteiger partial charge < -0.3 is 9.64 Å². The molecular formula is C19H20N2O4S2. The first-order chi connectivity index (χ1) is 12.9. The molecule has 142 valence electrons. The summed E-state index contributed by atoms with van der Waals surface area (Å²) in [6.45, 7) is 5.11. The minimum Gasteiger partial charge on any atom is -0.494 e. The molecule has 2 aromatic rings. The van der Waals surface area contributed by atoms with Gasteiger partial charge in [-0.15, -0.1) is 11.8 Å². The summed E-state index contributed by atoms with van der Waals surface area (Å²) < 4.78 is 34.0. The summed E-state index contributed by atoms with van der Waals surface area (Å²) in [6.07, 6.45) is 0.121. The maximum atomic E-state index is 13.0. The third-order valence-electron chi connectivity index (χ3n) is 4.58. The van der Waals surface area contributed by atoms with Crippen LogP contribution in [0.2, 0.25) is 0 Å². The molecule has 0 unspecified atom stereocenters. The maximum absolute atomic E-state index is 13.0. The Kier molecular flexibility index (Phi) is 4.55. The lowest BCUT2D eigenvalue weighted by Gasteiger charge is -2.29. The number of nitrogens with one attached hydrogen (secondary N) is 1. The zero-order valence-corrected chi connectivity index (χ0v) is 16.7. The van der Waals surface area contributed by atoms with Crippen molar-refractivity contribution in [3.63, 3.8) is 0 Å². The normalized spacial score (nSPS) is 18.4. The second-order valence-electron chi connectivity index (χ2n) is 6.56. The summed E-state index contributed by atoms with van der Waals surface area (Å²) in [5.41, 5.74) is 1.81. The summed E-state index contributed by atoms with van der Waals surface area (Å²) in [5.74, 6) is 0.641. The molecule has 8 heteroatoms. The van der Waals surface area contributed by atoms with Crippen molar-refractivity contribution in [3.8, 4) is 5.75 Å². The fraction of sp³-hybridized carbons (Fsp3) is 0.316. The van der Waals surface area contributed by atoms with E-state index in [0.717, 1.165) is 10.6 Å². The second kappa shape index (κ2) is 6.76. The summed E-state index contributed by atoms with van der Waals surface area (Å²) in [6, 6.07) is 10.2. The Morgan fingerprint density at radius 2 is 1.96 bits per heavy atom. The second-order valence-corrected chi connectivity index (χ2v) is 9.69. The molecule has 2 aromatic carbocycles. The molecule has 1 N–H and O–H groups in total. The summed E-state index contributed by atoms with van der Waals surface area (Å²) in [5, 5.41) is 0.289. The molecule has 4 rings (SSSR count). The number of nitrogens with zero attached hydrogens (tertiary/aromatic N) is 1. The van der Waals surface area contributed by atoms with E-state index in [4.69, 9.17) is 4.74 Å². The van der Waals surface area contributed by atoms with Crippen molar-refractivity contribution in [1.29, 1.82) is 0 Å². The molecule has 1 amide bonds. The van der Waals surface area contributed by atoms with Crippen LogP contribution in [0, 0.1) is 0 Å². The van der Waals surface area contributed by atoms with Gasteiger partial charge in [0.2, 0.25) is 5.91 Å². The van der Waals surface area contributed by atoms with Crippen molar-refractivity contribution in [2.75, 3.05) is 22.8 Å². The molecule has 0 radical (unpaired) electrons. The predicted molar refractivity (Wildman–Crippen MR) is 106 cm³/mol. The smallest absolute Gasteiger partial charge is 0.262 e. The van der Waals surface area contributed by atoms with Gasteiger partial charge in [0.05, 0.1) is 23.6 Å². The number of hydrogen-bond donors (Lipinski definition) is 1. The quantitative estimate of drug-likeness (QED) is 0.828. The van der Waals surface area contributed by atoms with Gasteiger partial charge in [-0.3, -0.25) is 9.52 Å². The first kappa shape index (κ1) is 18.2. The van der Waals surface area contributed by atoms with Gasteiger partial charge in [0.1, 0.15) is 5.75 Å². The Morgan fingerprint density at radius 3 is 2.67 bits per heavy atom. The van der Waals surface area contributed by atoms with E-state index in [0.29, 0.717) is 30.2 Å². The SMILES string of the molecule is CCOc1ccc(NS(=O)(=O)c2ccc3c4c2CC(=O)N4C[C@@H](C)S3)cc1. The van der Waals surface area contributed by atoms with Crippen molar-refractivity contribution >= 4 is 39.1 Å². The number of hydrogen-bond acceptors (Lipinski definition) is 5. The molecule has 2 heterocycles. The molecule has 0 aromatic heterocycles. The molecule has 27 heavy (non-hydrogen) atoms. The Morgan fingerprint density at radius 1 is 1.22 bits per heavy atom. The molecule has 0 bridgehead atoms. The van der Waals surface area contributed by atoms with Gasteiger partial charge in [-0.25, -0.2) is 8.42 Å². The number of rotatable bonds is 5. The van der Waals surface area contributed by atoms with Crippen LogP contribution in [0.3, 0.4) is 0 Å². The summed E-state index contributed by atoms with van der Waals surface area (Å²) in [4.78, 5) is 15.3. The Balaban J connectivity index is 1.68. The molecule has 0 spiro atoms. The highest BCUT2D eigenvalue weighted by Gasteiger charge is 2.38. The lowest BCUT2D eigenvalue weighted by molar-refractivity contribution is -0.117. The number of carbonyl (C=O) groups excluding carboxylic acids is 1. The number of sulfonamides is 1. The molecule has 0 fully saturated rings. The van der Waals surface area contributed by atoms with E-state index in [2.05, 4.69) is 11.6 Å². The molecule has 2 aliphatic rings.